The molecular formula is C14H19NO2. The van der Waals surface area contributed by atoms with Crippen LogP contribution in [0.15, 0.2) is 24.3 Å². The van der Waals surface area contributed by atoms with Gasteiger partial charge >= 0.3 is 0 Å². The molecule has 3 nitrogen and oxygen atoms in total. The third-order valence-corrected chi connectivity index (χ3v) is 3.28. The zero-order valence-electron chi connectivity index (χ0n) is 10.2. The standard InChI is InChI=1S/C14H19NO2/c1-10(16)14(15)11-6-8-13(9-7-11)17-12-4-2-3-5-12/h6-9,12,14H,2-5,15H2,1H3. The minimum absolute atomic E-state index is 0.0190. The summed E-state index contributed by atoms with van der Waals surface area (Å²) in [6.45, 7) is 1.51. The molecule has 0 spiro atoms. The molecule has 1 fully saturated rings. The van der Waals surface area contributed by atoms with Gasteiger partial charge in [0.05, 0.1) is 12.1 Å². The smallest absolute Gasteiger partial charge is 0.150 e. The zero-order valence-corrected chi connectivity index (χ0v) is 10.2. The lowest BCUT2D eigenvalue weighted by atomic mass is 10.0. The number of ketones is 1. The van der Waals surface area contributed by atoms with E-state index in [-0.39, 0.29) is 5.78 Å². The Morgan fingerprint density at radius 3 is 2.41 bits per heavy atom. The lowest BCUT2D eigenvalue weighted by molar-refractivity contribution is -0.118. The molecule has 0 aromatic heterocycles. The van der Waals surface area contributed by atoms with Gasteiger partial charge in [0.1, 0.15) is 5.75 Å². The fourth-order valence-corrected chi connectivity index (χ4v) is 2.19. The summed E-state index contributed by atoms with van der Waals surface area (Å²) in [7, 11) is 0. The summed E-state index contributed by atoms with van der Waals surface area (Å²) in [5.41, 5.74) is 6.60. The first-order valence-corrected chi connectivity index (χ1v) is 6.19. The Bertz CT molecular complexity index is 380. The maximum absolute atomic E-state index is 11.2. The van der Waals surface area contributed by atoms with Gasteiger partial charge in [0.15, 0.2) is 5.78 Å². The molecule has 92 valence electrons. The van der Waals surface area contributed by atoms with Gasteiger partial charge in [-0.25, -0.2) is 0 Å². The summed E-state index contributed by atoms with van der Waals surface area (Å²) >= 11 is 0. The number of hydrogen-bond donors (Lipinski definition) is 1. The number of carbonyl (C=O) groups excluding carboxylic acids is 1. The molecule has 1 atom stereocenters. The Kier molecular flexibility index (Phi) is 3.79. The van der Waals surface area contributed by atoms with Gasteiger partial charge in [-0.15, -0.1) is 0 Å². The molecule has 3 heteroatoms. The van der Waals surface area contributed by atoms with Crippen molar-refractivity contribution in [1.82, 2.24) is 0 Å². The average molecular weight is 233 g/mol. The molecular weight excluding hydrogens is 214 g/mol. The normalized spacial score (nSPS) is 18.0. The predicted molar refractivity (Wildman–Crippen MR) is 66.9 cm³/mol. The second kappa shape index (κ2) is 5.32. The average Bonchev–Trinajstić information content (AvgIpc) is 2.82. The number of rotatable bonds is 4. The van der Waals surface area contributed by atoms with Gasteiger partial charge in [0.25, 0.3) is 0 Å². The monoisotopic (exact) mass is 233 g/mol. The van der Waals surface area contributed by atoms with Crippen LogP contribution in [0.5, 0.6) is 5.75 Å². The highest BCUT2D eigenvalue weighted by atomic mass is 16.5. The number of benzene rings is 1. The van der Waals surface area contributed by atoms with E-state index in [1.807, 2.05) is 24.3 Å². The van der Waals surface area contributed by atoms with Crippen LogP contribution in [0, 0.1) is 0 Å². The third-order valence-electron chi connectivity index (χ3n) is 3.28. The highest BCUT2D eigenvalue weighted by Crippen LogP contribution is 2.25. The van der Waals surface area contributed by atoms with Crippen molar-refractivity contribution in [1.29, 1.82) is 0 Å². The largest absolute Gasteiger partial charge is 0.490 e. The van der Waals surface area contributed by atoms with Crippen molar-refractivity contribution >= 4 is 5.78 Å². The van der Waals surface area contributed by atoms with Crippen molar-refractivity contribution in [3.05, 3.63) is 29.8 Å². The van der Waals surface area contributed by atoms with Gasteiger partial charge < -0.3 is 10.5 Å². The SMILES string of the molecule is CC(=O)C(N)c1ccc(OC2CCCC2)cc1. The number of nitrogens with two attached hydrogens (primary N) is 1. The lowest BCUT2D eigenvalue weighted by Crippen LogP contribution is -2.18. The minimum atomic E-state index is -0.518. The van der Waals surface area contributed by atoms with Crippen LogP contribution in [-0.4, -0.2) is 11.9 Å². The Balaban J connectivity index is 1.99. The molecule has 0 radical (unpaired) electrons. The first-order chi connectivity index (χ1) is 8.16. The summed E-state index contributed by atoms with van der Waals surface area (Å²) in [5, 5.41) is 0. The Morgan fingerprint density at radius 2 is 1.88 bits per heavy atom. The quantitative estimate of drug-likeness (QED) is 0.869. The van der Waals surface area contributed by atoms with Crippen molar-refractivity contribution in [3.63, 3.8) is 0 Å². The highest BCUT2D eigenvalue weighted by Gasteiger charge is 2.16. The summed E-state index contributed by atoms with van der Waals surface area (Å²) in [5.74, 6) is 0.853. The van der Waals surface area contributed by atoms with Gasteiger partial charge in [-0.1, -0.05) is 12.1 Å². The van der Waals surface area contributed by atoms with Crippen LogP contribution in [0.2, 0.25) is 0 Å². The zero-order chi connectivity index (χ0) is 12.3. The molecule has 0 aliphatic heterocycles. The molecule has 1 aliphatic carbocycles. The molecule has 1 unspecified atom stereocenters. The van der Waals surface area contributed by atoms with Gasteiger partial charge in [-0.3, -0.25) is 4.79 Å². The molecule has 1 aromatic carbocycles. The molecule has 0 saturated heterocycles. The van der Waals surface area contributed by atoms with Crippen LogP contribution in [0.1, 0.15) is 44.2 Å². The molecule has 0 amide bonds. The molecule has 0 bridgehead atoms. The molecule has 0 heterocycles. The van der Waals surface area contributed by atoms with Gasteiger partial charge in [0, 0.05) is 0 Å². The van der Waals surface area contributed by atoms with E-state index in [9.17, 15) is 4.79 Å². The van der Waals surface area contributed by atoms with Gasteiger partial charge in [-0.2, -0.15) is 0 Å². The van der Waals surface area contributed by atoms with Crippen molar-refractivity contribution in [2.75, 3.05) is 0 Å². The van der Waals surface area contributed by atoms with E-state index >= 15 is 0 Å². The summed E-state index contributed by atoms with van der Waals surface area (Å²) < 4.78 is 5.84. The van der Waals surface area contributed by atoms with Crippen molar-refractivity contribution in [2.45, 2.75) is 44.8 Å². The summed E-state index contributed by atoms with van der Waals surface area (Å²) in [6.07, 6.45) is 5.18. The fourth-order valence-electron chi connectivity index (χ4n) is 2.19. The molecule has 1 aromatic rings. The maximum Gasteiger partial charge on any atom is 0.150 e. The summed E-state index contributed by atoms with van der Waals surface area (Å²) in [4.78, 5) is 11.2. The van der Waals surface area contributed by atoms with Crippen molar-refractivity contribution < 1.29 is 9.53 Å². The maximum atomic E-state index is 11.2. The van der Waals surface area contributed by atoms with Crippen molar-refractivity contribution in [3.8, 4) is 5.75 Å². The first kappa shape index (κ1) is 12.1. The Hall–Kier alpha value is -1.35. The van der Waals surface area contributed by atoms with E-state index in [0.717, 1.165) is 24.2 Å². The molecule has 2 N–H and O–H groups in total. The molecule has 1 saturated carbocycles. The second-order valence-electron chi connectivity index (χ2n) is 4.68. The third kappa shape index (κ3) is 3.07. The second-order valence-corrected chi connectivity index (χ2v) is 4.68. The van der Waals surface area contributed by atoms with Crippen molar-refractivity contribution in [2.24, 2.45) is 5.73 Å². The lowest BCUT2D eigenvalue weighted by Gasteiger charge is -2.14. The van der Waals surface area contributed by atoms with Gasteiger partial charge in [0.2, 0.25) is 0 Å². The molecule has 17 heavy (non-hydrogen) atoms. The number of Topliss-reactive ketones (excluding diaryl/α,β-unsaturated/α-hetero) is 1. The Morgan fingerprint density at radius 1 is 1.29 bits per heavy atom. The minimum Gasteiger partial charge on any atom is -0.490 e. The van der Waals surface area contributed by atoms with Crippen LogP contribution in [0.25, 0.3) is 0 Å². The van der Waals surface area contributed by atoms with E-state index in [4.69, 9.17) is 10.5 Å². The first-order valence-electron chi connectivity index (χ1n) is 6.19. The number of hydrogen-bond acceptors (Lipinski definition) is 3. The van der Waals surface area contributed by atoms with Crippen LogP contribution < -0.4 is 10.5 Å². The molecule has 2 rings (SSSR count). The number of carbonyl (C=O) groups is 1. The van der Waals surface area contributed by atoms with E-state index in [0.29, 0.717) is 6.10 Å². The molecule has 1 aliphatic rings. The summed E-state index contributed by atoms with van der Waals surface area (Å²) in [6, 6.07) is 7.02. The van der Waals surface area contributed by atoms with E-state index < -0.39 is 6.04 Å². The highest BCUT2D eigenvalue weighted by molar-refractivity contribution is 5.82. The van der Waals surface area contributed by atoms with E-state index in [2.05, 4.69) is 0 Å². The van der Waals surface area contributed by atoms with Gasteiger partial charge in [-0.05, 0) is 50.3 Å². The fraction of sp³-hybridized carbons (Fsp3) is 0.500. The Labute approximate surface area is 102 Å². The predicted octanol–water partition coefficient (Wildman–Crippen LogP) is 2.60. The van der Waals surface area contributed by atoms with Crippen LogP contribution in [0.4, 0.5) is 0 Å². The number of ether oxygens (including phenoxy) is 1. The van der Waals surface area contributed by atoms with Crippen LogP contribution in [-0.2, 0) is 4.79 Å². The topological polar surface area (TPSA) is 52.3 Å². The van der Waals surface area contributed by atoms with Crippen LogP contribution >= 0.6 is 0 Å². The van der Waals surface area contributed by atoms with E-state index in [1.54, 1.807) is 0 Å². The van der Waals surface area contributed by atoms with E-state index in [1.165, 1.54) is 19.8 Å². The van der Waals surface area contributed by atoms with Crippen LogP contribution in [0.3, 0.4) is 0 Å².